The monoisotopic (exact) mass is 388 g/mol. The van der Waals surface area contributed by atoms with Crippen LogP contribution in [0.4, 0.5) is 11.6 Å². The molecule has 0 saturated carbocycles. The highest BCUT2D eigenvalue weighted by atomic mass is 16.5. The normalized spacial score (nSPS) is 26.2. The molecule has 2 atom stereocenters. The molecule has 1 aromatic rings. The smallest absolute Gasteiger partial charge is 0.242 e. The van der Waals surface area contributed by atoms with Gasteiger partial charge in [0.25, 0.3) is 0 Å². The molecule has 0 spiro atoms. The van der Waals surface area contributed by atoms with E-state index in [-0.39, 0.29) is 11.9 Å². The highest BCUT2D eigenvalue weighted by Crippen LogP contribution is 2.34. The number of aromatic nitrogens is 2. The molecule has 4 rings (SSSR count). The minimum absolute atomic E-state index is 0.188. The number of hydrogen-bond acceptors (Lipinski definition) is 7. The predicted octanol–water partition coefficient (Wildman–Crippen LogP) is 1.01. The van der Waals surface area contributed by atoms with E-state index in [9.17, 15) is 4.79 Å². The maximum Gasteiger partial charge on any atom is 0.242 e. The van der Waals surface area contributed by atoms with Crippen LogP contribution in [0.1, 0.15) is 37.7 Å². The Bertz CT molecular complexity index is 691. The topological polar surface area (TPSA) is 73.8 Å². The van der Waals surface area contributed by atoms with E-state index in [1.807, 2.05) is 11.9 Å². The first-order valence-corrected chi connectivity index (χ1v) is 10.5. The Kier molecular flexibility index (Phi) is 5.96. The van der Waals surface area contributed by atoms with Gasteiger partial charge in [0, 0.05) is 26.7 Å². The standard InChI is InChI=1S/C20H32N6O2/c1-24-12-18(27)26(15-5-3-8-21-9-7-15)11-17-19(24)22-14-23-20(17)25-10-4-6-16(25)13-28-2/h14-16,21H,3-13H2,1-2H3/t15?,16-/m0/s1. The van der Waals surface area contributed by atoms with E-state index in [0.29, 0.717) is 25.7 Å². The van der Waals surface area contributed by atoms with Gasteiger partial charge < -0.3 is 24.8 Å². The summed E-state index contributed by atoms with van der Waals surface area (Å²) in [6, 6.07) is 0.618. The van der Waals surface area contributed by atoms with Crippen molar-refractivity contribution in [1.29, 1.82) is 0 Å². The molecule has 0 radical (unpaired) electrons. The van der Waals surface area contributed by atoms with Crippen LogP contribution in [0, 0.1) is 0 Å². The molecule has 4 heterocycles. The third-order valence-corrected chi connectivity index (χ3v) is 6.28. The van der Waals surface area contributed by atoms with Gasteiger partial charge in [-0.2, -0.15) is 0 Å². The van der Waals surface area contributed by atoms with E-state index in [1.165, 1.54) is 0 Å². The van der Waals surface area contributed by atoms with Crippen molar-refractivity contribution in [3.8, 4) is 0 Å². The van der Waals surface area contributed by atoms with Crippen LogP contribution >= 0.6 is 0 Å². The lowest BCUT2D eigenvalue weighted by Gasteiger charge is -2.32. The van der Waals surface area contributed by atoms with Gasteiger partial charge in [0.1, 0.15) is 18.0 Å². The van der Waals surface area contributed by atoms with Gasteiger partial charge in [0.15, 0.2) is 0 Å². The molecule has 1 unspecified atom stereocenters. The molecule has 3 aliphatic rings. The van der Waals surface area contributed by atoms with Gasteiger partial charge in [0.2, 0.25) is 5.91 Å². The number of carbonyl (C=O) groups is 1. The van der Waals surface area contributed by atoms with Gasteiger partial charge in [-0.25, -0.2) is 9.97 Å². The van der Waals surface area contributed by atoms with Crippen molar-refractivity contribution >= 4 is 17.5 Å². The van der Waals surface area contributed by atoms with E-state index in [2.05, 4.69) is 25.1 Å². The molecule has 3 aliphatic heterocycles. The molecule has 0 bridgehead atoms. The van der Waals surface area contributed by atoms with Crippen LogP contribution in [0.25, 0.3) is 0 Å². The highest BCUT2D eigenvalue weighted by Gasteiger charge is 2.35. The van der Waals surface area contributed by atoms with Gasteiger partial charge in [-0.05, 0) is 45.2 Å². The van der Waals surface area contributed by atoms with E-state index in [1.54, 1.807) is 13.4 Å². The zero-order valence-electron chi connectivity index (χ0n) is 17.1. The van der Waals surface area contributed by atoms with Crippen LogP contribution in [-0.2, 0) is 16.1 Å². The fourth-order valence-corrected chi connectivity index (χ4v) is 4.86. The van der Waals surface area contributed by atoms with Gasteiger partial charge in [-0.15, -0.1) is 0 Å². The van der Waals surface area contributed by atoms with Crippen molar-refractivity contribution in [3.63, 3.8) is 0 Å². The predicted molar refractivity (Wildman–Crippen MR) is 109 cm³/mol. The van der Waals surface area contributed by atoms with Crippen LogP contribution in [-0.4, -0.2) is 79.8 Å². The summed E-state index contributed by atoms with van der Waals surface area (Å²) in [5, 5.41) is 3.46. The SMILES string of the molecule is COC[C@@H]1CCCN1c1ncnc2c1CN(C1CCCNCC1)C(=O)CN2C. The molecule has 8 heteroatoms. The molecule has 0 aromatic carbocycles. The molecule has 154 valence electrons. The van der Waals surface area contributed by atoms with E-state index in [0.717, 1.165) is 68.9 Å². The minimum Gasteiger partial charge on any atom is -0.383 e. The summed E-state index contributed by atoms with van der Waals surface area (Å²) in [5.74, 6) is 2.05. The largest absolute Gasteiger partial charge is 0.383 e. The zero-order chi connectivity index (χ0) is 19.5. The Morgan fingerprint density at radius 2 is 1.96 bits per heavy atom. The first-order valence-electron chi connectivity index (χ1n) is 10.5. The Balaban J connectivity index is 1.68. The number of ether oxygens (including phenoxy) is 1. The van der Waals surface area contributed by atoms with Crippen molar-refractivity contribution < 1.29 is 9.53 Å². The van der Waals surface area contributed by atoms with Crippen molar-refractivity contribution in [2.75, 3.05) is 56.7 Å². The molecule has 2 saturated heterocycles. The quantitative estimate of drug-likeness (QED) is 0.825. The average Bonchev–Trinajstić information content (AvgIpc) is 2.91. The van der Waals surface area contributed by atoms with Crippen molar-refractivity contribution in [2.45, 2.75) is 50.7 Å². The summed E-state index contributed by atoms with van der Waals surface area (Å²) < 4.78 is 5.45. The number of carbonyl (C=O) groups excluding carboxylic acids is 1. The molecule has 2 fully saturated rings. The highest BCUT2D eigenvalue weighted by molar-refractivity contribution is 5.84. The fraction of sp³-hybridized carbons (Fsp3) is 0.750. The number of amides is 1. The number of fused-ring (bicyclic) bond motifs is 1. The van der Waals surface area contributed by atoms with Crippen LogP contribution in [0.15, 0.2) is 6.33 Å². The first kappa shape index (κ1) is 19.4. The number of rotatable bonds is 4. The van der Waals surface area contributed by atoms with Gasteiger partial charge >= 0.3 is 0 Å². The maximum absolute atomic E-state index is 13.1. The van der Waals surface area contributed by atoms with Crippen LogP contribution < -0.4 is 15.1 Å². The van der Waals surface area contributed by atoms with Gasteiger partial charge in [-0.1, -0.05) is 0 Å². The molecule has 28 heavy (non-hydrogen) atoms. The Labute approximate surface area is 167 Å². The third-order valence-electron chi connectivity index (χ3n) is 6.28. The molecule has 1 amide bonds. The van der Waals surface area contributed by atoms with Crippen LogP contribution in [0.5, 0.6) is 0 Å². The minimum atomic E-state index is 0.188. The van der Waals surface area contributed by atoms with Crippen LogP contribution in [0.2, 0.25) is 0 Å². The lowest BCUT2D eigenvalue weighted by Crippen LogP contribution is -2.43. The molecule has 1 N–H and O–H groups in total. The van der Waals surface area contributed by atoms with E-state index >= 15 is 0 Å². The maximum atomic E-state index is 13.1. The van der Waals surface area contributed by atoms with E-state index < -0.39 is 0 Å². The second-order valence-corrected chi connectivity index (χ2v) is 8.16. The van der Waals surface area contributed by atoms with Crippen molar-refractivity contribution in [3.05, 3.63) is 11.9 Å². The first-order chi connectivity index (χ1) is 13.7. The summed E-state index contributed by atoms with van der Waals surface area (Å²) >= 11 is 0. The van der Waals surface area contributed by atoms with Gasteiger partial charge in [0.05, 0.1) is 31.3 Å². The fourth-order valence-electron chi connectivity index (χ4n) is 4.86. The number of nitrogens with zero attached hydrogens (tertiary/aromatic N) is 5. The van der Waals surface area contributed by atoms with Crippen molar-refractivity contribution in [2.24, 2.45) is 0 Å². The number of nitrogens with one attached hydrogen (secondary N) is 1. The lowest BCUT2D eigenvalue weighted by molar-refractivity contribution is -0.132. The number of hydrogen-bond donors (Lipinski definition) is 1. The number of methoxy groups -OCH3 is 1. The lowest BCUT2D eigenvalue weighted by atomic mass is 10.1. The molecule has 1 aromatic heterocycles. The Morgan fingerprint density at radius 1 is 1.11 bits per heavy atom. The van der Waals surface area contributed by atoms with Crippen molar-refractivity contribution in [1.82, 2.24) is 20.2 Å². The molecule has 0 aliphatic carbocycles. The summed E-state index contributed by atoms with van der Waals surface area (Å²) in [4.78, 5) is 28.8. The van der Waals surface area contributed by atoms with Crippen LogP contribution in [0.3, 0.4) is 0 Å². The molecule has 8 nitrogen and oxygen atoms in total. The average molecular weight is 389 g/mol. The second kappa shape index (κ2) is 8.61. The Morgan fingerprint density at radius 3 is 2.82 bits per heavy atom. The molecular formula is C20H32N6O2. The number of likely N-dealkylation sites (N-methyl/N-ethyl adjacent to an activating group) is 1. The zero-order valence-corrected chi connectivity index (χ0v) is 17.1. The summed E-state index contributed by atoms with van der Waals surface area (Å²) in [6.45, 7) is 4.64. The van der Waals surface area contributed by atoms with Gasteiger partial charge in [-0.3, -0.25) is 4.79 Å². The van der Waals surface area contributed by atoms with E-state index in [4.69, 9.17) is 4.74 Å². The summed E-state index contributed by atoms with van der Waals surface area (Å²) in [5.41, 5.74) is 1.08. The number of anilines is 2. The Hall–Kier alpha value is -1.93. The molecular weight excluding hydrogens is 356 g/mol. The summed E-state index contributed by atoms with van der Waals surface area (Å²) in [6.07, 6.45) is 7.06. The second-order valence-electron chi connectivity index (χ2n) is 8.16. The third kappa shape index (κ3) is 3.80. The summed E-state index contributed by atoms with van der Waals surface area (Å²) in [7, 11) is 3.72.